The molecule has 8 nitrogen and oxygen atoms in total. The highest BCUT2D eigenvalue weighted by Gasteiger charge is 2.27. The van der Waals surface area contributed by atoms with E-state index in [9.17, 15) is 13.2 Å². The molecular weight excluding hydrogens is 456 g/mol. The summed E-state index contributed by atoms with van der Waals surface area (Å²) in [6, 6.07) is 8.12. The highest BCUT2D eigenvalue weighted by atomic mass is 35.5. The normalized spacial score (nSPS) is 16.9. The minimum absolute atomic E-state index is 0.0915. The van der Waals surface area contributed by atoms with Crippen LogP contribution in [0.3, 0.4) is 0 Å². The Bertz CT molecular complexity index is 1120. The Hall–Kier alpha value is -2.33. The van der Waals surface area contributed by atoms with Gasteiger partial charge in [0, 0.05) is 31.6 Å². The summed E-state index contributed by atoms with van der Waals surface area (Å²) in [6.45, 7) is 4.34. The molecule has 0 saturated carbocycles. The molecule has 0 atom stereocenters. The number of carbonyl (C=O) groups excluding carboxylic acids is 1. The van der Waals surface area contributed by atoms with E-state index in [-0.39, 0.29) is 17.3 Å². The van der Waals surface area contributed by atoms with Gasteiger partial charge in [-0.25, -0.2) is 8.42 Å². The second-order valence-electron chi connectivity index (χ2n) is 7.63. The Kier molecular flexibility index (Phi) is 6.90. The van der Waals surface area contributed by atoms with Gasteiger partial charge >= 0.3 is 0 Å². The third-order valence-electron chi connectivity index (χ3n) is 5.38. The SMILES string of the molecule is Cc1ccc(S(=O)(=O)N2CCOCC2)cc1C(=O)NCc1cc(Cl)c2c(c1)OCCCO2. The number of hydrogen-bond donors (Lipinski definition) is 1. The molecule has 4 rings (SSSR count). The summed E-state index contributed by atoms with van der Waals surface area (Å²) >= 11 is 6.32. The van der Waals surface area contributed by atoms with E-state index < -0.39 is 10.0 Å². The van der Waals surface area contributed by atoms with Crippen molar-refractivity contribution in [3.8, 4) is 11.5 Å². The Morgan fingerprint density at radius 3 is 2.62 bits per heavy atom. The highest BCUT2D eigenvalue weighted by Crippen LogP contribution is 2.38. The van der Waals surface area contributed by atoms with Crippen LogP contribution in [0, 0.1) is 6.92 Å². The van der Waals surface area contributed by atoms with Crippen LogP contribution in [0.2, 0.25) is 5.02 Å². The number of nitrogens with one attached hydrogen (secondary N) is 1. The number of hydrogen-bond acceptors (Lipinski definition) is 6. The number of amides is 1. The first-order valence-electron chi connectivity index (χ1n) is 10.4. The van der Waals surface area contributed by atoms with E-state index in [1.54, 1.807) is 25.1 Å². The van der Waals surface area contributed by atoms with Crippen molar-refractivity contribution in [3.05, 3.63) is 52.0 Å². The van der Waals surface area contributed by atoms with Crippen LogP contribution < -0.4 is 14.8 Å². The Morgan fingerprint density at radius 2 is 1.84 bits per heavy atom. The average molecular weight is 481 g/mol. The number of morpholine rings is 1. The van der Waals surface area contributed by atoms with Crippen molar-refractivity contribution in [2.24, 2.45) is 0 Å². The quantitative estimate of drug-likeness (QED) is 0.707. The predicted octanol–water partition coefficient (Wildman–Crippen LogP) is 2.76. The molecule has 1 fully saturated rings. The van der Waals surface area contributed by atoms with Gasteiger partial charge in [0.1, 0.15) is 0 Å². The van der Waals surface area contributed by atoms with Gasteiger partial charge in [0.2, 0.25) is 10.0 Å². The summed E-state index contributed by atoms with van der Waals surface area (Å²) in [4.78, 5) is 13.0. The van der Waals surface area contributed by atoms with Gasteiger partial charge in [-0.1, -0.05) is 17.7 Å². The Labute approximate surface area is 192 Å². The molecule has 0 aromatic heterocycles. The maximum atomic E-state index is 13.0. The van der Waals surface area contributed by atoms with Crippen LogP contribution in [0.15, 0.2) is 35.2 Å². The van der Waals surface area contributed by atoms with Crippen LogP contribution in [0.5, 0.6) is 11.5 Å². The Balaban J connectivity index is 1.51. The number of rotatable bonds is 5. The molecular formula is C22H25ClN2O6S. The molecule has 10 heteroatoms. The molecule has 0 bridgehead atoms. The van der Waals surface area contributed by atoms with Gasteiger partial charge in [-0.15, -0.1) is 0 Å². The van der Waals surface area contributed by atoms with E-state index >= 15 is 0 Å². The molecule has 172 valence electrons. The van der Waals surface area contributed by atoms with Crippen molar-refractivity contribution < 1.29 is 27.4 Å². The third kappa shape index (κ3) is 4.85. The van der Waals surface area contributed by atoms with Crippen LogP contribution in [-0.2, 0) is 21.3 Å². The van der Waals surface area contributed by atoms with Crippen molar-refractivity contribution >= 4 is 27.5 Å². The topological polar surface area (TPSA) is 94.2 Å². The summed E-state index contributed by atoms with van der Waals surface area (Å²) in [5.41, 5.74) is 1.74. The van der Waals surface area contributed by atoms with Gasteiger partial charge < -0.3 is 19.5 Å². The second kappa shape index (κ2) is 9.66. The first-order valence-corrected chi connectivity index (χ1v) is 12.2. The van der Waals surface area contributed by atoms with E-state index in [0.29, 0.717) is 67.2 Å². The maximum Gasteiger partial charge on any atom is 0.251 e. The van der Waals surface area contributed by atoms with Crippen molar-refractivity contribution in [1.29, 1.82) is 0 Å². The monoisotopic (exact) mass is 480 g/mol. The smallest absolute Gasteiger partial charge is 0.251 e. The molecule has 2 heterocycles. The van der Waals surface area contributed by atoms with Crippen LogP contribution in [0.4, 0.5) is 0 Å². The molecule has 2 aliphatic rings. The van der Waals surface area contributed by atoms with E-state index in [0.717, 1.165) is 12.0 Å². The second-order valence-corrected chi connectivity index (χ2v) is 9.98. The first kappa shape index (κ1) is 22.8. The van der Waals surface area contributed by atoms with Gasteiger partial charge in [-0.05, 0) is 42.3 Å². The first-order chi connectivity index (χ1) is 15.4. The molecule has 1 N–H and O–H groups in total. The molecule has 32 heavy (non-hydrogen) atoms. The van der Waals surface area contributed by atoms with Gasteiger partial charge in [0.25, 0.3) is 5.91 Å². The van der Waals surface area contributed by atoms with Crippen molar-refractivity contribution in [3.63, 3.8) is 0 Å². The standard InChI is InChI=1S/C22H25ClN2O6S/c1-15-3-4-17(32(27,28)25-5-9-29-10-6-25)13-18(15)22(26)24-14-16-11-19(23)21-20(12-16)30-7-2-8-31-21/h3-4,11-13H,2,5-10,14H2,1H3,(H,24,26). The molecule has 2 aromatic rings. The summed E-state index contributed by atoms with van der Waals surface area (Å²) in [5, 5.41) is 3.26. The van der Waals surface area contributed by atoms with E-state index in [1.807, 2.05) is 0 Å². The molecule has 0 unspecified atom stereocenters. The zero-order valence-corrected chi connectivity index (χ0v) is 19.3. The summed E-state index contributed by atoms with van der Waals surface area (Å²) < 4.78 is 43.8. The van der Waals surface area contributed by atoms with Crippen molar-refractivity contribution in [2.45, 2.75) is 24.8 Å². The predicted molar refractivity (Wildman–Crippen MR) is 119 cm³/mol. The number of ether oxygens (including phenoxy) is 3. The lowest BCUT2D eigenvalue weighted by molar-refractivity contribution is 0.0730. The van der Waals surface area contributed by atoms with E-state index in [2.05, 4.69) is 5.32 Å². The molecule has 0 spiro atoms. The van der Waals surface area contributed by atoms with Crippen LogP contribution >= 0.6 is 11.6 Å². The zero-order chi connectivity index (χ0) is 22.7. The van der Waals surface area contributed by atoms with Gasteiger partial charge in [-0.3, -0.25) is 4.79 Å². The zero-order valence-electron chi connectivity index (χ0n) is 17.7. The van der Waals surface area contributed by atoms with Crippen molar-refractivity contribution in [2.75, 3.05) is 39.5 Å². The molecule has 2 aliphatic heterocycles. The lowest BCUT2D eigenvalue weighted by Crippen LogP contribution is -2.40. The van der Waals surface area contributed by atoms with E-state index in [4.69, 9.17) is 25.8 Å². The molecule has 0 radical (unpaired) electrons. The number of fused-ring (bicyclic) bond motifs is 1. The molecule has 2 aromatic carbocycles. The third-order valence-corrected chi connectivity index (χ3v) is 7.55. The van der Waals surface area contributed by atoms with E-state index in [1.165, 1.54) is 16.4 Å². The Morgan fingerprint density at radius 1 is 1.09 bits per heavy atom. The van der Waals surface area contributed by atoms with Crippen LogP contribution in [0.25, 0.3) is 0 Å². The fourth-order valence-corrected chi connectivity index (χ4v) is 5.33. The van der Waals surface area contributed by atoms with Crippen LogP contribution in [-0.4, -0.2) is 58.1 Å². The van der Waals surface area contributed by atoms with Gasteiger partial charge in [-0.2, -0.15) is 4.31 Å². The minimum Gasteiger partial charge on any atom is -0.489 e. The summed E-state index contributed by atoms with van der Waals surface area (Å²) in [6.07, 6.45) is 0.764. The minimum atomic E-state index is -3.70. The number of halogens is 1. The maximum absolute atomic E-state index is 13.0. The number of benzene rings is 2. The molecule has 0 aliphatic carbocycles. The average Bonchev–Trinajstić information content (AvgIpc) is 3.04. The largest absolute Gasteiger partial charge is 0.489 e. The number of nitrogens with zero attached hydrogens (tertiary/aromatic N) is 1. The van der Waals surface area contributed by atoms with Crippen LogP contribution in [0.1, 0.15) is 27.9 Å². The molecule has 1 amide bonds. The van der Waals surface area contributed by atoms with Crippen molar-refractivity contribution in [1.82, 2.24) is 9.62 Å². The number of sulfonamides is 1. The number of carbonyl (C=O) groups is 1. The summed E-state index contributed by atoms with van der Waals surface area (Å²) in [5.74, 6) is 0.690. The molecule has 1 saturated heterocycles. The fraction of sp³-hybridized carbons (Fsp3) is 0.409. The summed E-state index contributed by atoms with van der Waals surface area (Å²) in [7, 11) is -3.70. The highest BCUT2D eigenvalue weighted by molar-refractivity contribution is 7.89. The van der Waals surface area contributed by atoms with Gasteiger partial charge in [0.15, 0.2) is 11.5 Å². The fourth-order valence-electron chi connectivity index (χ4n) is 3.61. The lowest BCUT2D eigenvalue weighted by atomic mass is 10.1. The number of aryl methyl sites for hydroxylation is 1. The lowest BCUT2D eigenvalue weighted by Gasteiger charge is -2.26. The van der Waals surface area contributed by atoms with Gasteiger partial charge in [0.05, 0.1) is 36.3 Å².